The number of nitrogens with zero attached hydrogens (tertiary/aromatic N) is 3. The van der Waals surface area contributed by atoms with Crippen LogP contribution in [-0.2, 0) is 6.54 Å². The van der Waals surface area contributed by atoms with Crippen LogP contribution in [0.3, 0.4) is 0 Å². The van der Waals surface area contributed by atoms with Gasteiger partial charge < -0.3 is 10.4 Å². The quantitative estimate of drug-likeness (QED) is 0.775. The SMILES string of the molecule is CC(C)c1nc2n(n1)CC(CCO)CN2. The van der Waals surface area contributed by atoms with Gasteiger partial charge in [-0.05, 0) is 12.3 Å². The number of fused-ring (bicyclic) bond motifs is 1. The third-order valence-electron chi connectivity index (χ3n) is 2.72. The molecule has 5 nitrogen and oxygen atoms in total. The molecule has 0 aliphatic carbocycles. The number of aliphatic hydroxyl groups excluding tert-OH is 1. The molecule has 0 spiro atoms. The summed E-state index contributed by atoms with van der Waals surface area (Å²) in [6, 6.07) is 0. The minimum atomic E-state index is 0.243. The summed E-state index contributed by atoms with van der Waals surface area (Å²) in [6.07, 6.45) is 0.823. The molecule has 0 bridgehead atoms. The van der Waals surface area contributed by atoms with Gasteiger partial charge in [-0.15, -0.1) is 0 Å². The number of aromatic nitrogens is 3. The maximum Gasteiger partial charge on any atom is 0.221 e. The molecule has 5 heteroatoms. The molecule has 1 aliphatic rings. The molecular weight excluding hydrogens is 192 g/mol. The first-order valence-electron chi connectivity index (χ1n) is 5.50. The van der Waals surface area contributed by atoms with Gasteiger partial charge in [0.15, 0.2) is 5.82 Å². The second-order valence-corrected chi connectivity index (χ2v) is 4.39. The monoisotopic (exact) mass is 210 g/mol. The molecule has 2 N–H and O–H groups in total. The first kappa shape index (κ1) is 10.4. The van der Waals surface area contributed by atoms with Crippen molar-refractivity contribution in [3.05, 3.63) is 5.82 Å². The topological polar surface area (TPSA) is 63.0 Å². The summed E-state index contributed by atoms with van der Waals surface area (Å²) in [7, 11) is 0. The Morgan fingerprint density at radius 3 is 3.07 bits per heavy atom. The maximum atomic E-state index is 8.89. The summed E-state index contributed by atoms with van der Waals surface area (Å²) >= 11 is 0. The molecule has 1 aromatic rings. The van der Waals surface area contributed by atoms with Gasteiger partial charge >= 0.3 is 0 Å². The lowest BCUT2D eigenvalue weighted by atomic mass is 10.1. The highest BCUT2D eigenvalue weighted by molar-refractivity contribution is 5.27. The average Bonchev–Trinajstić information content (AvgIpc) is 2.61. The van der Waals surface area contributed by atoms with E-state index in [2.05, 4.69) is 29.2 Å². The average molecular weight is 210 g/mol. The predicted octanol–water partition coefficient (Wildman–Crippen LogP) is 0.826. The van der Waals surface area contributed by atoms with Gasteiger partial charge in [0.2, 0.25) is 5.95 Å². The molecule has 0 fully saturated rings. The number of hydrogen-bond acceptors (Lipinski definition) is 4. The molecular formula is C10H18N4O. The van der Waals surface area contributed by atoms with Gasteiger partial charge in [-0.3, -0.25) is 0 Å². The third kappa shape index (κ3) is 2.12. The fourth-order valence-electron chi connectivity index (χ4n) is 1.78. The van der Waals surface area contributed by atoms with E-state index in [9.17, 15) is 0 Å². The second-order valence-electron chi connectivity index (χ2n) is 4.39. The Balaban J connectivity index is 2.12. The Morgan fingerprint density at radius 2 is 2.40 bits per heavy atom. The van der Waals surface area contributed by atoms with Gasteiger partial charge in [-0.1, -0.05) is 13.8 Å². The zero-order valence-corrected chi connectivity index (χ0v) is 9.27. The Labute approximate surface area is 89.5 Å². The van der Waals surface area contributed by atoms with Crippen LogP contribution in [0.1, 0.15) is 32.0 Å². The van der Waals surface area contributed by atoms with E-state index in [4.69, 9.17) is 5.11 Å². The summed E-state index contributed by atoms with van der Waals surface area (Å²) in [5.74, 6) is 2.58. The van der Waals surface area contributed by atoms with Gasteiger partial charge in [0.1, 0.15) is 0 Å². The van der Waals surface area contributed by atoms with E-state index >= 15 is 0 Å². The normalized spacial score (nSPS) is 20.1. The molecule has 1 unspecified atom stereocenters. The van der Waals surface area contributed by atoms with Crippen molar-refractivity contribution in [2.24, 2.45) is 5.92 Å². The van der Waals surface area contributed by atoms with Crippen LogP contribution in [-0.4, -0.2) is 33.0 Å². The molecule has 0 radical (unpaired) electrons. The third-order valence-corrected chi connectivity index (χ3v) is 2.72. The zero-order valence-electron chi connectivity index (χ0n) is 9.27. The van der Waals surface area contributed by atoms with Gasteiger partial charge in [0, 0.05) is 25.6 Å². The largest absolute Gasteiger partial charge is 0.396 e. The number of nitrogens with one attached hydrogen (secondary N) is 1. The smallest absolute Gasteiger partial charge is 0.221 e. The van der Waals surface area contributed by atoms with Crippen molar-refractivity contribution in [1.29, 1.82) is 0 Å². The maximum absolute atomic E-state index is 8.89. The first-order chi connectivity index (χ1) is 7.20. The van der Waals surface area contributed by atoms with Gasteiger partial charge in [-0.25, -0.2) is 4.68 Å². The Hall–Kier alpha value is -1.10. The molecule has 1 aromatic heterocycles. The lowest BCUT2D eigenvalue weighted by molar-refractivity contribution is 0.244. The molecule has 84 valence electrons. The van der Waals surface area contributed by atoms with Crippen molar-refractivity contribution in [1.82, 2.24) is 14.8 Å². The molecule has 1 aliphatic heterocycles. The van der Waals surface area contributed by atoms with Crippen molar-refractivity contribution < 1.29 is 5.11 Å². The summed E-state index contributed by atoms with van der Waals surface area (Å²) in [6.45, 7) is 6.17. The number of rotatable bonds is 3. The highest BCUT2D eigenvalue weighted by Gasteiger charge is 2.21. The first-order valence-corrected chi connectivity index (χ1v) is 5.50. The zero-order chi connectivity index (χ0) is 10.8. The lowest BCUT2D eigenvalue weighted by Gasteiger charge is -2.22. The van der Waals surface area contributed by atoms with Crippen molar-refractivity contribution in [2.75, 3.05) is 18.5 Å². The van der Waals surface area contributed by atoms with E-state index < -0.39 is 0 Å². The molecule has 0 saturated carbocycles. The van der Waals surface area contributed by atoms with Crippen molar-refractivity contribution in [3.8, 4) is 0 Å². The summed E-state index contributed by atoms with van der Waals surface area (Å²) in [5, 5.41) is 16.6. The van der Waals surface area contributed by atoms with Crippen LogP contribution in [0, 0.1) is 5.92 Å². The van der Waals surface area contributed by atoms with Gasteiger partial charge in [0.25, 0.3) is 0 Å². The Kier molecular flexibility index (Phi) is 2.90. The van der Waals surface area contributed by atoms with Gasteiger partial charge in [0.05, 0.1) is 0 Å². The van der Waals surface area contributed by atoms with Crippen LogP contribution >= 0.6 is 0 Å². The van der Waals surface area contributed by atoms with Gasteiger partial charge in [-0.2, -0.15) is 10.1 Å². The van der Waals surface area contributed by atoms with E-state index in [1.54, 1.807) is 0 Å². The van der Waals surface area contributed by atoms with Crippen LogP contribution in [0.25, 0.3) is 0 Å². The highest BCUT2D eigenvalue weighted by Crippen LogP contribution is 2.20. The number of anilines is 1. The molecule has 0 aromatic carbocycles. The molecule has 1 atom stereocenters. The summed E-state index contributed by atoms with van der Waals surface area (Å²) < 4.78 is 1.92. The fourth-order valence-corrected chi connectivity index (χ4v) is 1.78. The Bertz CT molecular complexity index is 334. The summed E-state index contributed by atoms with van der Waals surface area (Å²) in [5.41, 5.74) is 0. The lowest BCUT2D eigenvalue weighted by Crippen LogP contribution is -2.28. The minimum Gasteiger partial charge on any atom is -0.396 e. The van der Waals surface area contributed by atoms with E-state index in [1.165, 1.54) is 0 Å². The van der Waals surface area contributed by atoms with Crippen LogP contribution in [0.5, 0.6) is 0 Å². The Morgan fingerprint density at radius 1 is 1.60 bits per heavy atom. The van der Waals surface area contributed by atoms with E-state index in [0.717, 1.165) is 31.3 Å². The van der Waals surface area contributed by atoms with Crippen molar-refractivity contribution in [2.45, 2.75) is 32.7 Å². The second kappa shape index (κ2) is 4.18. The fraction of sp³-hybridized carbons (Fsp3) is 0.800. The molecule has 15 heavy (non-hydrogen) atoms. The molecule has 0 amide bonds. The standard InChI is InChI=1S/C10H18N4O/c1-7(2)9-12-10-11-5-8(3-4-15)6-14(10)13-9/h7-8,15H,3-6H2,1-2H3,(H,11,12,13). The van der Waals surface area contributed by atoms with Crippen LogP contribution in [0.2, 0.25) is 0 Å². The molecule has 0 saturated heterocycles. The van der Waals surface area contributed by atoms with Crippen LogP contribution in [0.4, 0.5) is 5.95 Å². The van der Waals surface area contributed by atoms with E-state index in [-0.39, 0.29) is 6.61 Å². The minimum absolute atomic E-state index is 0.243. The van der Waals surface area contributed by atoms with Crippen molar-refractivity contribution in [3.63, 3.8) is 0 Å². The highest BCUT2D eigenvalue weighted by atomic mass is 16.3. The molecule has 2 heterocycles. The number of aliphatic hydroxyl groups is 1. The van der Waals surface area contributed by atoms with Crippen molar-refractivity contribution >= 4 is 5.95 Å². The number of hydrogen-bond donors (Lipinski definition) is 2. The molecule has 2 rings (SSSR count). The summed E-state index contributed by atoms with van der Waals surface area (Å²) in [4.78, 5) is 4.42. The van der Waals surface area contributed by atoms with E-state index in [0.29, 0.717) is 11.8 Å². The van der Waals surface area contributed by atoms with Crippen LogP contribution < -0.4 is 5.32 Å². The van der Waals surface area contributed by atoms with E-state index in [1.807, 2.05) is 4.68 Å². The van der Waals surface area contributed by atoms with Crippen LogP contribution in [0.15, 0.2) is 0 Å². The predicted molar refractivity (Wildman–Crippen MR) is 57.8 cm³/mol.